The van der Waals surface area contributed by atoms with Gasteiger partial charge in [0.2, 0.25) is 0 Å². The molecular weight excluding hydrogens is 555 g/mol. The number of rotatable bonds is 14. The first kappa shape index (κ1) is 30.8. The van der Waals surface area contributed by atoms with Crippen molar-refractivity contribution in [2.45, 2.75) is 38.1 Å². The van der Waals surface area contributed by atoms with Gasteiger partial charge in [-0.2, -0.15) is 0 Å². The molecule has 1 fully saturated rings. The summed E-state index contributed by atoms with van der Waals surface area (Å²) in [4.78, 5) is 28.1. The van der Waals surface area contributed by atoms with E-state index in [1.165, 1.54) is 38.9 Å². The fourth-order valence-electron chi connectivity index (χ4n) is 5.83. The molecule has 7 heteroatoms. The Morgan fingerprint density at radius 1 is 0.886 bits per heavy atom. The molecule has 0 aromatic heterocycles. The normalized spacial score (nSPS) is 13.7. The van der Waals surface area contributed by atoms with Gasteiger partial charge in [-0.15, -0.1) is 0 Å². The van der Waals surface area contributed by atoms with E-state index in [4.69, 9.17) is 9.47 Å². The molecule has 4 aromatic rings. The zero-order chi connectivity index (χ0) is 30.7. The van der Waals surface area contributed by atoms with Gasteiger partial charge >= 0.3 is 5.97 Å². The second kappa shape index (κ2) is 15.2. The number of carbonyl (C=O) groups is 2. The summed E-state index contributed by atoms with van der Waals surface area (Å²) >= 11 is 0. The summed E-state index contributed by atoms with van der Waals surface area (Å²) in [5.74, 6) is 0.507. The Bertz CT molecular complexity index is 1520. The Labute approximate surface area is 258 Å². The van der Waals surface area contributed by atoms with Gasteiger partial charge in [0.05, 0.1) is 19.3 Å². The van der Waals surface area contributed by atoms with Crippen molar-refractivity contribution in [3.63, 3.8) is 0 Å². The fraction of sp³-hybridized carbons (Fsp3) is 0.297. The van der Waals surface area contributed by atoms with E-state index in [1.807, 2.05) is 60.7 Å². The predicted octanol–water partition coefficient (Wildman–Crippen LogP) is 7.33. The van der Waals surface area contributed by atoms with Crippen LogP contribution in [0.5, 0.6) is 5.75 Å². The highest BCUT2D eigenvalue weighted by molar-refractivity contribution is 6.12. The lowest BCUT2D eigenvalue weighted by Crippen LogP contribution is -2.33. The molecule has 5 rings (SSSR count). The minimum atomic E-state index is -0.707. The van der Waals surface area contributed by atoms with E-state index >= 15 is 0 Å². The SMILES string of the molecule is COC(=O)[C@H](Cc1ccc(OCCN(CC2CCCC2)c2ccccc2F)cc1)Nc1ccccc1C(=O)c1ccccc1. The number of hydrogen-bond acceptors (Lipinski definition) is 6. The number of nitrogens with one attached hydrogen (secondary N) is 1. The van der Waals surface area contributed by atoms with E-state index in [9.17, 15) is 14.0 Å². The van der Waals surface area contributed by atoms with Crippen molar-refractivity contribution >= 4 is 23.1 Å². The molecule has 6 nitrogen and oxygen atoms in total. The van der Waals surface area contributed by atoms with Crippen LogP contribution in [0.4, 0.5) is 15.8 Å². The fourth-order valence-corrected chi connectivity index (χ4v) is 5.83. The maximum absolute atomic E-state index is 14.6. The summed E-state index contributed by atoms with van der Waals surface area (Å²) in [5, 5.41) is 3.25. The van der Waals surface area contributed by atoms with Crippen molar-refractivity contribution in [2.24, 2.45) is 5.92 Å². The van der Waals surface area contributed by atoms with Crippen LogP contribution in [-0.2, 0) is 16.0 Å². The summed E-state index contributed by atoms with van der Waals surface area (Å²) in [6, 6.07) is 30.0. The quantitative estimate of drug-likeness (QED) is 0.122. The highest BCUT2D eigenvalue weighted by atomic mass is 19.1. The predicted molar refractivity (Wildman–Crippen MR) is 172 cm³/mol. The lowest BCUT2D eigenvalue weighted by molar-refractivity contribution is -0.141. The minimum Gasteiger partial charge on any atom is -0.492 e. The molecule has 0 bridgehead atoms. The number of esters is 1. The van der Waals surface area contributed by atoms with Crippen molar-refractivity contribution in [1.82, 2.24) is 0 Å². The van der Waals surface area contributed by atoms with E-state index in [1.54, 1.807) is 36.4 Å². The van der Waals surface area contributed by atoms with Gasteiger partial charge in [0.1, 0.15) is 24.2 Å². The van der Waals surface area contributed by atoms with Crippen LogP contribution in [0.3, 0.4) is 0 Å². The molecule has 4 aromatic carbocycles. The third-order valence-electron chi connectivity index (χ3n) is 8.16. The van der Waals surface area contributed by atoms with Crippen LogP contribution in [0.25, 0.3) is 0 Å². The molecule has 1 aliphatic carbocycles. The molecule has 1 atom stereocenters. The number of hydrogen-bond donors (Lipinski definition) is 1. The Hall–Kier alpha value is -4.65. The Morgan fingerprint density at radius 3 is 2.30 bits per heavy atom. The second-order valence-corrected chi connectivity index (χ2v) is 11.2. The average Bonchev–Trinajstić information content (AvgIpc) is 3.58. The number of anilines is 2. The molecule has 44 heavy (non-hydrogen) atoms. The number of methoxy groups -OCH3 is 1. The zero-order valence-corrected chi connectivity index (χ0v) is 25.1. The topological polar surface area (TPSA) is 67.9 Å². The summed E-state index contributed by atoms with van der Waals surface area (Å²) < 4.78 is 25.8. The molecule has 0 radical (unpaired) electrons. The lowest BCUT2D eigenvalue weighted by atomic mass is 10.00. The van der Waals surface area contributed by atoms with Crippen molar-refractivity contribution in [1.29, 1.82) is 0 Å². The number of nitrogens with zero attached hydrogens (tertiary/aromatic N) is 1. The zero-order valence-electron chi connectivity index (χ0n) is 25.1. The van der Waals surface area contributed by atoms with Gasteiger partial charge in [0.15, 0.2) is 5.78 Å². The third kappa shape index (κ3) is 8.04. The number of para-hydroxylation sites is 2. The van der Waals surface area contributed by atoms with Gasteiger partial charge in [-0.05, 0) is 60.7 Å². The third-order valence-corrected chi connectivity index (χ3v) is 8.16. The number of halogens is 1. The molecule has 0 unspecified atom stereocenters. The smallest absolute Gasteiger partial charge is 0.328 e. The van der Waals surface area contributed by atoms with Crippen molar-refractivity contribution in [2.75, 3.05) is 37.0 Å². The van der Waals surface area contributed by atoms with E-state index in [0.29, 0.717) is 53.7 Å². The summed E-state index contributed by atoms with van der Waals surface area (Å²) in [6.45, 7) is 1.82. The van der Waals surface area contributed by atoms with Crippen LogP contribution in [0.1, 0.15) is 47.2 Å². The molecule has 1 N–H and O–H groups in total. The number of ether oxygens (including phenoxy) is 2. The van der Waals surface area contributed by atoms with Crippen molar-refractivity contribution in [3.8, 4) is 5.75 Å². The first-order valence-electron chi connectivity index (χ1n) is 15.3. The van der Waals surface area contributed by atoms with Gasteiger partial charge in [-0.1, -0.05) is 79.6 Å². The standard InChI is InChI=1S/C37H39FN2O4/c1-43-37(42)34(39-33-17-9-7-15-31(33)36(41)29-13-3-2-4-14-29)25-27-19-21-30(22-20-27)44-24-23-40(26-28-11-5-6-12-28)35-18-10-8-16-32(35)38/h2-4,7-10,13-22,28,34,39H,5-6,11-12,23-26H2,1H3/t34-/m0/s1. The van der Waals surface area contributed by atoms with E-state index in [0.717, 1.165) is 12.1 Å². The van der Waals surface area contributed by atoms with E-state index in [2.05, 4.69) is 10.2 Å². The van der Waals surface area contributed by atoms with Crippen LogP contribution >= 0.6 is 0 Å². The highest BCUT2D eigenvalue weighted by Crippen LogP contribution is 2.29. The maximum Gasteiger partial charge on any atom is 0.328 e. The van der Waals surface area contributed by atoms with Gasteiger partial charge in [-0.25, -0.2) is 9.18 Å². The minimum absolute atomic E-state index is 0.129. The number of ketones is 1. The van der Waals surface area contributed by atoms with Crippen LogP contribution in [0, 0.1) is 11.7 Å². The van der Waals surface area contributed by atoms with E-state index < -0.39 is 12.0 Å². The van der Waals surface area contributed by atoms with Gasteiger partial charge in [0, 0.05) is 29.8 Å². The lowest BCUT2D eigenvalue weighted by Gasteiger charge is -2.28. The average molecular weight is 595 g/mol. The molecule has 0 heterocycles. The van der Waals surface area contributed by atoms with Crippen LogP contribution in [-0.4, -0.2) is 44.6 Å². The molecular formula is C37H39FN2O4. The highest BCUT2D eigenvalue weighted by Gasteiger charge is 2.23. The molecule has 1 saturated carbocycles. The van der Waals surface area contributed by atoms with Crippen LogP contribution in [0.2, 0.25) is 0 Å². The first-order valence-corrected chi connectivity index (χ1v) is 15.3. The first-order chi connectivity index (χ1) is 21.5. The van der Waals surface area contributed by atoms with Gasteiger partial charge in [-0.3, -0.25) is 4.79 Å². The largest absolute Gasteiger partial charge is 0.492 e. The maximum atomic E-state index is 14.6. The van der Waals surface area contributed by atoms with Crippen LogP contribution < -0.4 is 15.0 Å². The Morgan fingerprint density at radius 2 is 1.57 bits per heavy atom. The summed E-state index contributed by atoms with van der Waals surface area (Å²) in [6.07, 6.45) is 5.20. The van der Waals surface area contributed by atoms with Gasteiger partial charge < -0.3 is 19.7 Å². The Balaban J connectivity index is 1.22. The number of carbonyl (C=O) groups excluding carboxylic acids is 2. The van der Waals surface area contributed by atoms with E-state index in [-0.39, 0.29) is 11.6 Å². The van der Waals surface area contributed by atoms with Crippen molar-refractivity contribution < 1.29 is 23.5 Å². The molecule has 1 aliphatic rings. The summed E-state index contributed by atoms with van der Waals surface area (Å²) in [7, 11) is 1.35. The molecule has 0 spiro atoms. The number of benzene rings is 4. The Kier molecular flexibility index (Phi) is 10.6. The van der Waals surface area contributed by atoms with Crippen LogP contribution in [0.15, 0.2) is 103 Å². The second-order valence-electron chi connectivity index (χ2n) is 11.2. The molecule has 0 amide bonds. The van der Waals surface area contributed by atoms with Gasteiger partial charge in [0.25, 0.3) is 0 Å². The molecule has 0 aliphatic heterocycles. The summed E-state index contributed by atoms with van der Waals surface area (Å²) in [5.41, 5.74) is 3.14. The van der Waals surface area contributed by atoms with Crippen molar-refractivity contribution in [3.05, 3.63) is 126 Å². The molecule has 0 saturated heterocycles. The molecule has 228 valence electrons. The monoisotopic (exact) mass is 594 g/mol.